The molecule has 5 nitrogen and oxygen atoms in total. The van der Waals surface area contributed by atoms with Gasteiger partial charge in [0.05, 0.1) is 5.75 Å². The fourth-order valence-electron chi connectivity index (χ4n) is 1.91. The highest BCUT2D eigenvalue weighted by Gasteiger charge is 2.32. The van der Waals surface area contributed by atoms with Crippen molar-refractivity contribution in [2.24, 2.45) is 11.7 Å². The van der Waals surface area contributed by atoms with Crippen molar-refractivity contribution in [1.29, 1.82) is 0 Å². The van der Waals surface area contributed by atoms with Gasteiger partial charge in [0.2, 0.25) is 5.91 Å². The normalized spacial score (nSPS) is 21.8. The fourth-order valence-corrected chi connectivity index (χ4v) is 2.70. The van der Waals surface area contributed by atoms with Gasteiger partial charge < -0.3 is 10.6 Å². The van der Waals surface area contributed by atoms with Gasteiger partial charge in [-0.3, -0.25) is 4.79 Å². The Morgan fingerprint density at radius 2 is 2.12 bits per heavy atom. The molecule has 1 unspecified atom stereocenters. The summed E-state index contributed by atoms with van der Waals surface area (Å²) in [6.45, 7) is 1.50. The summed E-state index contributed by atoms with van der Waals surface area (Å²) in [6.07, 6.45) is 1.76. The van der Waals surface area contributed by atoms with E-state index in [1.54, 1.807) is 4.90 Å². The first kappa shape index (κ1) is 13.4. The van der Waals surface area contributed by atoms with E-state index in [0.717, 1.165) is 12.8 Å². The lowest BCUT2D eigenvalue weighted by atomic mass is 10.1. The maximum absolute atomic E-state index is 12.4. The molecule has 0 aromatic carbocycles. The highest BCUT2D eigenvalue weighted by atomic mass is 32.3. The second-order valence-electron chi connectivity index (χ2n) is 4.11. The smallest absolute Gasteiger partial charge is 0.302 e. The van der Waals surface area contributed by atoms with Crippen LogP contribution < -0.4 is 5.73 Å². The number of amides is 1. The second kappa shape index (κ2) is 5.58. The van der Waals surface area contributed by atoms with Crippen molar-refractivity contribution in [3.8, 4) is 0 Å². The van der Waals surface area contributed by atoms with E-state index in [1.165, 1.54) is 0 Å². The Hall–Kier alpha value is -0.690. The number of carbonyl (C=O) groups excluding carboxylic acids is 1. The van der Waals surface area contributed by atoms with Crippen molar-refractivity contribution < 1.29 is 17.1 Å². The van der Waals surface area contributed by atoms with E-state index in [2.05, 4.69) is 0 Å². The van der Waals surface area contributed by atoms with Gasteiger partial charge >= 0.3 is 10.2 Å². The Morgan fingerprint density at radius 1 is 1.44 bits per heavy atom. The van der Waals surface area contributed by atoms with Gasteiger partial charge in [0.1, 0.15) is 0 Å². The van der Waals surface area contributed by atoms with E-state index < -0.39 is 21.9 Å². The minimum atomic E-state index is -4.48. The Kier molecular flexibility index (Phi) is 4.67. The summed E-state index contributed by atoms with van der Waals surface area (Å²) in [5.41, 5.74) is 5.33. The molecule has 0 aliphatic carbocycles. The van der Waals surface area contributed by atoms with Crippen LogP contribution in [0.3, 0.4) is 0 Å². The molecule has 0 aromatic heterocycles. The van der Waals surface area contributed by atoms with Crippen LogP contribution in [0.2, 0.25) is 0 Å². The number of hydrogen-bond donors (Lipinski definition) is 1. The predicted octanol–water partition coefficient (Wildman–Crippen LogP) is -0.127. The molecule has 1 heterocycles. The maximum atomic E-state index is 12.4. The molecule has 16 heavy (non-hydrogen) atoms. The van der Waals surface area contributed by atoms with Gasteiger partial charge in [0.15, 0.2) is 0 Å². The van der Waals surface area contributed by atoms with Crippen molar-refractivity contribution in [3.05, 3.63) is 0 Å². The van der Waals surface area contributed by atoms with Crippen LogP contribution in [-0.2, 0) is 15.0 Å². The van der Waals surface area contributed by atoms with Gasteiger partial charge in [-0.2, -0.15) is 8.42 Å². The molecule has 0 bridgehead atoms. The largest absolute Gasteiger partial charge is 0.342 e. The van der Waals surface area contributed by atoms with Crippen LogP contribution in [-0.4, -0.2) is 44.6 Å². The SMILES string of the molecule is NCCCCN1CC(CS(=O)(=O)F)CC1=O. The van der Waals surface area contributed by atoms with Crippen LogP contribution in [0.4, 0.5) is 3.89 Å². The third-order valence-electron chi connectivity index (χ3n) is 2.61. The quantitative estimate of drug-likeness (QED) is 0.527. The molecule has 1 atom stereocenters. The summed E-state index contributed by atoms with van der Waals surface area (Å²) in [4.78, 5) is 13.0. The van der Waals surface area contributed by atoms with Gasteiger partial charge in [0, 0.05) is 25.4 Å². The molecule has 94 valence electrons. The summed E-state index contributed by atoms with van der Waals surface area (Å²) in [6, 6.07) is 0. The zero-order valence-electron chi connectivity index (χ0n) is 9.06. The fraction of sp³-hybridized carbons (Fsp3) is 0.889. The van der Waals surface area contributed by atoms with Crippen LogP contribution in [0.25, 0.3) is 0 Å². The van der Waals surface area contributed by atoms with Crippen molar-refractivity contribution in [2.75, 3.05) is 25.4 Å². The van der Waals surface area contributed by atoms with Crippen LogP contribution >= 0.6 is 0 Å². The van der Waals surface area contributed by atoms with Gasteiger partial charge in [0.25, 0.3) is 0 Å². The molecule has 1 amide bonds. The Balaban J connectivity index is 2.38. The lowest BCUT2D eigenvalue weighted by Crippen LogP contribution is -2.27. The second-order valence-corrected chi connectivity index (χ2v) is 5.52. The molecule has 0 aromatic rings. The molecule has 0 saturated carbocycles. The molecule has 7 heteroatoms. The Morgan fingerprint density at radius 3 is 2.69 bits per heavy atom. The van der Waals surface area contributed by atoms with Gasteiger partial charge in [-0.15, -0.1) is 3.89 Å². The van der Waals surface area contributed by atoms with E-state index >= 15 is 0 Å². The van der Waals surface area contributed by atoms with Crippen LogP contribution in [0, 0.1) is 5.92 Å². The molecule has 1 rings (SSSR count). The van der Waals surface area contributed by atoms with E-state index in [1.807, 2.05) is 0 Å². The molecule has 1 aliphatic heterocycles. The van der Waals surface area contributed by atoms with E-state index in [0.29, 0.717) is 19.6 Å². The van der Waals surface area contributed by atoms with Gasteiger partial charge in [-0.1, -0.05) is 0 Å². The number of carbonyl (C=O) groups is 1. The zero-order valence-corrected chi connectivity index (χ0v) is 9.88. The minimum Gasteiger partial charge on any atom is -0.342 e. The lowest BCUT2D eigenvalue weighted by molar-refractivity contribution is -0.127. The third kappa shape index (κ3) is 4.44. The molecule has 1 aliphatic rings. The molecule has 0 spiro atoms. The summed E-state index contributed by atoms with van der Waals surface area (Å²) >= 11 is 0. The van der Waals surface area contributed by atoms with Gasteiger partial charge in [-0.25, -0.2) is 0 Å². The number of nitrogens with zero attached hydrogens (tertiary/aromatic N) is 1. The Bertz CT molecular complexity index is 345. The van der Waals surface area contributed by atoms with Crippen LogP contribution in [0.5, 0.6) is 0 Å². The molecular weight excluding hydrogens is 235 g/mol. The predicted molar refractivity (Wildman–Crippen MR) is 57.9 cm³/mol. The number of likely N-dealkylation sites (tertiary alicyclic amines) is 1. The number of unbranched alkanes of at least 4 members (excludes halogenated alkanes) is 1. The first-order chi connectivity index (χ1) is 7.42. The number of halogens is 1. The molecule has 1 saturated heterocycles. The summed E-state index contributed by atoms with van der Waals surface area (Å²) in [7, 11) is -4.48. The number of rotatable bonds is 6. The monoisotopic (exact) mass is 252 g/mol. The van der Waals surface area contributed by atoms with Crippen molar-refractivity contribution in [3.63, 3.8) is 0 Å². The van der Waals surface area contributed by atoms with Crippen LogP contribution in [0.1, 0.15) is 19.3 Å². The van der Waals surface area contributed by atoms with E-state index in [9.17, 15) is 17.1 Å². The van der Waals surface area contributed by atoms with Gasteiger partial charge in [-0.05, 0) is 19.4 Å². The summed E-state index contributed by atoms with van der Waals surface area (Å²) in [5.74, 6) is -1.04. The minimum absolute atomic E-state index is 0.0920. The molecule has 1 fully saturated rings. The number of hydrogen-bond acceptors (Lipinski definition) is 4. The Labute approximate surface area is 95.0 Å². The van der Waals surface area contributed by atoms with Crippen LogP contribution in [0.15, 0.2) is 0 Å². The highest BCUT2D eigenvalue weighted by molar-refractivity contribution is 7.86. The number of nitrogens with two attached hydrogens (primary N) is 1. The highest BCUT2D eigenvalue weighted by Crippen LogP contribution is 2.20. The zero-order chi connectivity index (χ0) is 12.2. The average molecular weight is 252 g/mol. The summed E-state index contributed by atoms with van der Waals surface area (Å²) in [5, 5.41) is 0. The molecule has 0 radical (unpaired) electrons. The van der Waals surface area contributed by atoms with E-state index in [4.69, 9.17) is 5.73 Å². The standard InChI is InChI=1S/C9H17FN2O3S/c10-16(14,15)7-8-5-9(13)12(6-8)4-2-1-3-11/h8H,1-7,11H2. The average Bonchev–Trinajstić information content (AvgIpc) is 2.44. The molecular formula is C9H17FN2O3S. The third-order valence-corrected chi connectivity index (χ3v) is 3.48. The first-order valence-corrected chi connectivity index (χ1v) is 6.88. The first-order valence-electron chi connectivity index (χ1n) is 5.32. The molecule has 2 N–H and O–H groups in total. The van der Waals surface area contributed by atoms with Crippen molar-refractivity contribution in [2.45, 2.75) is 19.3 Å². The lowest BCUT2D eigenvalue weighted by Gasteiger charge is -2.15. The topological polar surface area (TPSA) is 80.5 Å². The van der Waals surface area contributed by atoms with Crippen molar-refractivity contribution in [1.82, 2.24) is 4.90 Å². The van der Waals surface area contributed by atoms with Crippen molar-refractivity contribution >= 4 is 16.1 Å². The maximum Gasteiger partial charge on any atom is 0.302 e. The summed E-state index contributed by atoms with van der Waals surface area (Å²) < 4.78 is 33.3. The van der Waals surface area contributed by atoms with E-state index in [-0.39, 0.29) is 12.3 Å².